The molecule has 0 N–H and O–H groups in total. The van der Waals surface area contributed by atoms with Crippen molar-refractivity contribution in [2.75, 3.05) is 11.5 Å². The van der Waals surface area contributed by atoms with Crippen molar-refractivity contribution >= 4 is 17.5 Å². The van der Waals surface area contributed by atoms with E-state index in [4.69, 9.17) is 0 Å². The molecule has 1 saturated heterocycles. The molecule has 6 heteroatoms. The van der Waals surface area contributed by atoms with E-state index in [1.165, 1.54) is 22.1 Å². The van der Waals surface area contributed by atoms with Gasteiger partial charge in [0.2, 0.25) is 0 Å². The number of hydrogen-bond acceptors (Lipinski definition) is 4. The lowest BCUT2D eigenvalue weighted by atomic mass is 10.3. The lowest BCUT2D eigenvalue weighted by molar-refractivity contribution is -0.117. The summed E-state index contributed by atoms with van der Waals surface area (Å²) in [6.45, 7) is 3.14. The Labute approximate surface area is 102 Å². The number of aromatic nitrogens is 2. The molecule has 0 aromatic carbocycles. The van der Waals surface area contributed by atoms with E-state index < -0.39 is 0 Å². The summed E-state index contributed by atoms with van der Waals surface area (Å²) < 4.78 is 2.64. The number of rotatable bonds is 3. The Morgan fingerprint density at radius 1 is 1.47 bits per heavy atom. The van der Waals surface area contributed by atoms with Crippen LogP contribution in [-0.4, -0.2) is 26.4 Å². The van der Waals surface area contributed by atoms with Crippen LogP contribution < -0.4 is 11.2 Å². The van der Waals surface area contributed by atoms with Gasteiger partial charge in [-0.1, -0.05) is 0 Å². The van der Waals surface area contributed by atoms with E-state index in [9.17, 15) is 14.4 Å². The molecule has 0 spiro atoms. The first-order chi connectivity index (χ1) is 8.00. The van der Waals surface area contributed by atoms with E-state index >= 15 is 0 Å². The predicted octanol–water partition coefficient (Wildman–Crippen LogP) is 0.195. The Bertz CT molecular complexity index is 569. The van der Waals surface area contributed by atoms with E-state index in [1.807, 2.05) is 0 Å². The van der Waals surface area contributed by atoms with Gasteiger partial charge in [0, 0.05) is 23.3 Å². The third-order valence-electron chi connectivity index (χ3n) is 2.80. The minimum Gasteiger partial charge on any atom is -0.298 e. The van der Waals surface area contributed by atoms with Crippen LogP contribution in [0, 0.1) is 6.92 Å². The van der Waals surface area contributed by atoms with Gasteiger partial charge in [0.25, 0.3) is 5.56 Å². The molecule has 1 aliphatic heterocycles. The molecule has 5 nitrogen and oxygen atoms in total. The van der Waals surface area contributed by atoms with E-state index in [0.29, 0.717) is 5.69 Å². The molecule has 92 valence electrons. The molecule has 1 aromatic rings. The largest absolute Gasteiger partial charge is 0.331 e. The molecule has 0 radical (unpaired) electrons. The average Bonchev–Trinajstić information content (AvgIpc) is 2.15. The second kappa shape index (κ2) is 4.52. The molecule has 0 bridgehead atoms. The van der Waals surface area contributed by atoms with Gasteiger partial charge in [0.1, 0.15) is 5.78 Å². The van der Waals surface area contributed by atoms with Crippen molar-refractivity contribution in [3.63, 3.8) is 0 Å². The number of carbonyl (C=O) groups is 1. The Balaban J connectivity index is 2.56. The topological polar surface area (TPSA) is 61.1 Å². The summed E-state index contributed by atoms with van der Waals surface area (Å²) in [5, 5.41) is 0. The second-order valence-electron chi connectivity index (χ2n) is 4.26. The zero-order chi connectivity index (χ0) is 12.6. The number of thioether (sulfide) groups is 1. The van der Waals surface area contributed by atoms with Gasteiger partial charge in [-0.15, -0.1) is 0 Å². The van der Waals surface area contributed by atoms with Crippen molar-refractivity contribution in [1.29, 1.82) is 0 Å². The first-order valence-corrected chi connectivity index (χ1v) is 6.56. The maximum absolute atomic E-state index is 12.1. The van der Waals surface area contributed by atoms with Gasteiger partial charge in [0.05, 0.1) is 12.6 Å². The van der Waals surface area contributed by atoms with Crippen molar-refractivity contribution in [1.82, 2.24) is 9.13 Å². The van der Waals surface area contributed by atoms with Crippen LogP contribution in [0.1, 0.15) is 18.7 Å². The van der Waals surface area contributed by atoms with Crippen LogP contribution in [0.5, 0.6) is 0 Å². The number of hydrogen-bond donors (Lipinski definition) is 0. The molecular formula is C11H14N2O3S. The van der Waals surface area contributed by atoms with E-state index in [1.54, 1.807) is 18.7 Å². The molecule has 2 rings (SSSR count). The fourth-order valence-corrected chi connectivity index (χ4v) is 2.57. The van der Waals surface area contributed by atoms with Crippen molar-refractivity contribution in [2.45, 2.75) is 26.4 Å². The summed E-state index contributed by atoms with van der Waals surface area (Å²) in [5.74, 6) is 1.49. The number of carbonyl (C=O) groups excluding carboxylic acids is 1. The van der Waals surface area contributed by atoms with Gasteiger partial charge in [-0.05, 0) is 13.8 Å². The SMILES string of the molecule is CC(=O)Cn1c(C)cc(=O)n(C2CSC2)c1=O. The zero-order valence-corrected chi connectivity index (χ0v) is 10.6. The lowest BCUT2D eigenvalue weighted by Crippen LogP contribution is -2.46. The highest BCUT2D eigenvalue weighted by Gasteiger charge is 2.24. The molecule has 0 saturated carbocycles. The smallest absolute Gasteiger partial charge is 0.298 e. The number of ketones is 1. The molecule has 0 atom stereocenters. The van der Waals surface area contributed by atoms with Crippen molar-refractivity contribution < 1.29 is 4.79 Å². The number of aryl methyl sites for hydroxylation is 1. The standard InChI is InChI=1S/C11H14N2O3S/c1-7-3-10(15)13(9-5-17-6-9)11(16)12(7)4-8(2)14/h3,9H,4-6H2,1-2H3. The molecule has 1 aromatic heterocycles. The Morgan fingerprint density at radius 3 is 2.59 bits per heavy atom. The normalized spacial score (nSPS) is 15.6. The third kappa shape index (κ3) is 2.22. The maximum atomic E-state index is 12.1. The number of Topliss-reactive ketones (excluding diaryl/α,β-unsaturated/α-hetero) is 1. The van der Waals surface area contributed by atoms with Gasteiger partial charge >= 0.3 is 5.69 Å². The molecule has 0 unspecified atom stereocenters. The van der Waals surface area contributed by atoms with E-state index in [2.05, 4.69) is 0 Å². The van der Waals surface area contributed by atoms with Gasteiger partial charge < -0.3 is 0 Å². The van der Waals surface area contributed by atoms with E-state index in [-0.39, 0.29) is 29.6 Å². The average molecular weight is 254 g/mol. The highest BCUT2D eigenvalue weighted by atomic mass is 32.2. The highest BCUT2D eigenvalue weighted by Crippen LogP contribution is 2.26. The summed E-state index contributed by atoms with van der Waals surface area (Å²) in [6, 6.07) is 1.41. The van der Waals surface area contributed by atoms with Crippen LogP contribution in [0.25, 0.3) is 0 Å². The molecule has 0 amide bonds. The third-order valence-corrected chi connectivity index (χ3v) is 4.04. The summed E-state index contributed by atoms with van der Waals surface area (Å²) >= 11 is 1.71. The van der Waals surface area contributed by atoms with Crippen LogP contribution in [0.4, 0.5) is 0 Å². The molecule has 17 heavy (non-hydrogen) atoms. The summed E-state index contributed by atoms with van der Waals surface area (Å²) in [4.78, 5) is 35.0. The first kappa shape index (κ1) is 12.2. The molecule has 1 aliphatic rings. The molecular weight excluding hydrogens is 240 g/mol. The zero-order valence-electron chi connectivity index (χ0n) is 9.80. The van der Waals surface area contributed by atoms with Crippen LogP contribution >= 0.6 is 11.8 Å². The maximum Gasteiger partial charge on any atom is 0.331 e. The van der Waals surface area contributed by atoms with Gasteiger partial charge in [-0.3, -0.25) is 18.7 Å². The monoisotopic (exact) mass is 254 g/mol. The van der Waals surface area contributed by atoms with Gasteiger partial charge in [0.15, 0.2) is 0 Å². The van der Waals surface area contributed by atoms with Crippen molar-refractivity contribution in [3.8, 4) is 0 Å². The number of nitrogens with zero attached hydrogens (tertiary/aromatic N) is 2. The Kier molecular flexibility index (Phi) is 3.24. The predicted molar refractivity (Wildman–Crippen MR) is 66.7 cm³/mol. The summed E-state index contributed by atoms with van der Waals surface area (Å²) in [6.07, 6.45) is 0. The van der Waals surface area contributed by atoms with Crippen LogP contribution in [0.15, 0.2) is 15.7 Å². The fraction of sp³-hybridized carbons (Fsp3) is 0.545. The molecule has 2 heterocycles. The van der Waals surface area contributed by atoms with Crippen LogP contribution in [-0.2, 0) is 11.3 Å². The Hall–Kier alpha value is -1.30. The minimum atomic E-state index is -0.365. The quantitative estimate of drug-likeness (QED) is 0.773. The van der Waals surface area contributed by atoms with Gasteiger partial charge in [-0.2, -0.15) is 11.8 Å². The van der Waals surface area contributed by atoms with Crippen LogP contribution in [0.2, 0.25) is 0 Å². The Morgan fingerprint density at radius 2 is 2.12 bits per heavy atom. The van der Waals surface area contributed by atoms with Crippen molar-refractivity contribution in [2.24, 2.45) is 0 Å². The van der Waals surface area contributed by atoms with Crippen LogP contribution in [0.3, 0.4) is 0 Å². The van der Waals surface area contributed by atoms with E-state index in [0.717, 1.165) is 11.5 Å². The fourth-order valence-electron chi connectivity index (χ4n) is 1.82. The molecule has 1 fully saturated rings. The second-order valence-corrected chi connectivity index (χ2v) is 5.33. The minimum absolute atomic E-state index is 0.0150. The van der Waals surface area contributed by atoms with Gasteiger partial charge in [-0.25, -0.2) is 4.79 Å². The first-order valence-electron chi connectivity index (χ1n) is 5.41. The van der Waals surface area contributed by atoms with Crippen molar-refractivity contribution in [3.05, 3.63) is 32.6 Å². The summed E-state index contributed by atoms with van der Waals surface area (Å²) in [7, 11) is 0. The summed E-state index contributed by atoms with van der Waals surface area (Å²) in [5.41, 5.74) is -0.0912. The highest BCUT2D eigenvalue weighted by molar-refractivity contribution is 8.00. The molecule has 0 aliphatic carbocycles. The lowest BCUT2D eigenvalue weighted by Gasteiger charge is -2.27.